The van der Waals surface area contributed by atoms with Gasteiger partial charge in [-0.15, -0.1) is 0 Å². The Morgan fingerprint density at radius 2 is 2.00 bits per heavy atom. The molecule has 0 heterocycles. The summed E-state index contributed by atoms with van der Waals surface area (Å²) in [4.78, 5) is 0. The van der Waals surface area contributed by atoms with Gasteiger partial charge in [0, 0.05) is 11.0 Å². The lowest BCUT2D eigenvalue weighted by atomic mass is 9.75. The van der Waals surface area contributed by atoms with Gasteiger partial charge in [0.2, 0.25) is 0 Å². The number of rotatable bonds is 2. The molecule has 1 aliphatic rings. The molecule has 2 atom stereocenters. The van der Waals surface area contributed by atoms with E-state index in [9.17, 15) is 13.2 Å². The van der Waals surface area contributed by atoms with Gasteiger partial charge >= 0.3 is 6.18 Å². The molecule has 2 rings (SSSR count). The van der Waals surface area contributed by atoms with Crippen LogP contribution in [0.3, 0.4) is 0 Å². The number of nitriles is 1. The molecule has 7 heteroatoms. The van der Waals surface area contributed by atoms with E-state index < -0.39 is 23.2 Å². The molecular weight excluding hydrogens is 348 g/mol. The average Bonchev–Trinajstić information content (AvgIpc) is 2.47. The van der Waals surface area contributed by atoms with Crippen molar-refractivity contribution in [3.63, 3.8) is 0 Å². The minimum atomic E-state index is -4.57. The van der Waals surface area contributed by atoms with E-state index in [4.69, 9.17) is 34.2 Å². The Kier molecular flexibility index (Phi) is 4.81. The van der Waals surface area contributed by atoms with Crippen molar-refractivity contribution < 1.29 is 13.2 Å². The highest BCUT2D eigenvalue weighted by Gasteiger charge is 2.39. The van der Waals surface area contributed by atoms with Gasteiger partial charge in [0.1, 0.15) is 0 Å². The minimum absolute atomic E-state index is 0.115. The van der Waals surface area contributed by atoms with Crippen LogP contribution in [0.4, 0.5) is 13.2 Å². The number of benzene rings is 1. The zero-order valence-electron chi connectivity index (χ0n) is 12.1. The molecule has 1 aromatic rings. The molecule has 0 amide bonds. The van der Waals surface area contributed by atoms with Gasteiger partial charge in [0.15, 0.2) is 0 Å². The van der Waals surface area contributed by atoms with Crippen molar-refractivity contribution in [2.45, 2.75) is 25.1 Å². The Labute approximate surface area is 142 Å². The summed E-state index contributed by atoms with van der Waals surface area (Å²) in [6.07, 6.45) is -1.28. The zero-order valence-corrected chi connectivity index (χ0v) is 13.6. The molecule has 122 valence electrons. The van der Waals surface area contributed by atoms with E-state index in [0.717, 1.165) is 6.07 Å². The number of hydrogen-bond acceptors (Lipinski definition) is 2. The second kappa shape index (κ2) is 6.20. The first-order valence-corrected chi connectivity index (χ1v) is 7.47. The van der Waals surface area contributed by atoms with Gasteiger partial charge in [-0.05, 0) is 23.3 Å². The van der Waals surface area contributed by atoms with Gasteiger partial charge < -0.3 is 5.73 Å². The molecule has 2 nitrogen and oxygen atoms in total. The van der Waals surface area contributed by atoms with E-state index in [-0.39, 0.29) is 17.0 Å². The highest BCUT2D eigenvalue weighted by atomic mass is 35.5. The smallest absolute Gasteiger partial charge is 0.318 e. The summed E-state index contributed by atoms with van der Waals surface area (Å²) in [5, 5.41) is 8.77. The third-order valence-corrected chi connectivity index (χ3v) is 4.90. The van der Waals surface area contributed by atoms with Gasteiger partial charge in [0.05, 0.1) is 28.6 Å². The van der Waals surface area contributed by atoms with Crippen LogP contribution in [-0.4, -0.2) is 0 Å². The van der Waals surface area contributed by atoms with Gasteiger partial charge in [-0.2, -0.15) is 18.4 Å². The molecule has 0 radical (unpaired) electrons. The molecular formula is C16H13Cl2F3N2. The van der Waals surface area contributed by atoms with E-state index in [1.165, 1.54) is 12.1 Å². The number of allylic oxidation sites excluding steroid dienone is 2. The van der Waals surface area contributed by atoms with Gasteiger partial charge in [-0.3, -0.25) is 0 Å². The van der Waals surface area contributed by atoms with Crippen LogP contribution >= 0.6 is 23.2 Å². The Hall–Kier alpha value is -1.48. The van der Waals surface area contributed by atoms with Crippen molar-refractivity contribution in [3.8, 4) is 6.07 Å². The first-order chi connectivity index (χ1) is 10.6. The molecule has 1 aromatic carbocycles. The van der Waals surface area contributed by atoms with Gasteiger partial charge in [0.25, 0.3) is 0 Å². The van der Waals surface area contributed by atoms with Crippen LogP contribution in [0, 0.1) is 17.2 Å². The first kappa shape index (κ1) is 17.9. The van der Waals surface area contributed by atoms with Crippen molar-refractivity contribution in [2.75, 3.05) is 0 Å². The van der Waals surface area contributed by atoms with Crippen molar-refractivity contribution in [3.05, 3.63) is 57.1 Å². The Morgan fingerprint density at radius 3 is 2.57 bits per heavy atom. The van der Waals surface area contributed by atoms with Crippen LogP contribution in [0.5, 0.6) is 0 Å². The predicted molar refractivity (Wildman–Crippen MR) is 83.7 cm³/mol. The monoisotopic (exact) mass is 360 g/mol. The SMILES string of the molecule is CC1C(Cl)=C(CC#N)C=CC1(N)c1ccc(Cl)c(C(F)(F)F)c1. The quantitative estimate of drug-likeness (QED) is 0.794. The van der Waals surface area contributed by atoms with Crippen LogP contribution < -0.4 is 5.73 Å². The molecule has 0 aliphatic heterocycles. The number of nitrogens with zero attached hydrogens (tertiary/aromatic N) is 1. The zero-order chi connectivity index (χ0) is 17.4. The van der Waals surface area contributed by atoms with Crippen molar-refractivity contribution >= 4 is 23.2 Å². The fourth-order valence-corrected chi connectivity index (χ4v) is 3.07. The number of nitrogens with two attached hydrogens (primary N) is 1. The van der Waals surface area contributed by atoms with Crippen molar-refractivity contribution in [2.24, 2.45) is 11.7 Å². The fourth-order valence-electron chi connectivity index (χ4n) is 2.54. The Balaban J connectivity index is 2.52. The van der Waals surface area contributed by atoms with E-state index in [1.54, 1.807) is 19.1 Å². The molecule has 2 unspecified atom stereocenters. The van der Waals surface area contributed by atoms with Crippen molar-refractivity contribution in [1.82, 2.24) is 0 Å². The third-order valence-electron chi connectivity index (χ3n) is 4.01. The van der Waals surface area contributed by atoms with Crippen LogP contribution in [0.2, 0.25) is 5.02 Å². The molecule has 0 aromatic heterocycles. The second-order valence-electron chi connectivity index (χ2n) is 5.39. The maximum atomic E-state index is 13.0. The summed E-state index contributed by atoms with van der Waals surface area (Å²) in [7, 11) is 0. The molecule has 23 heavy (non-hydrogen) atoms. The highest BCUT2D eigenvalue weighted by Crippen LogP contribution is 2.43. The maximum Gasteiger partial charge on any atom is 0.417 e. The topological polar surface area (TPSA) is 49.8 Å². The molecule has 0 fully saturated rings. The van der Waals surface area contributed by atoms with Gasteiger partial charge in [-0.1, -0.05) is 48.3 Å². The number of alkyl halides is 3. The van der Waals surface area contributed by atoms with E-state index >= 15 is 0 Å². The summed E-state index contributed by atoms with van der Waals surface area (Å²) in [5.41, 5.74) is 5.06. The summed E-state index contributed by atoms with van der Waals surface area (Å²) < 4.78 is 39.1. The lowest BCUT2D eigenvalue weighted by Gasteiger charge is -2.37. The first-order valence-electron chi connectivity index (χ1n) is 6.72. The second-order valence-corrected chi connectivity index (χ2v) is 6.20. The molecule has 0 saturated carbocycles. The number of hydrogen-bond donors (Lipinski definition) is 1. The normalized spacial score (nSPS) is 24.7. The lowest BCUT2D eigenvalue weighted by Crippen LogP contribution is -2.43. The number of halogens is 5. The van der Waals surface area contributed by atoms with Crippen molar-refractivity contribution in [1.29, 1.82) is 5.26 Å². The molecule has 2 N–H and O–H groups in total. The van der Waals surface area contributed by atoms with E-state index in [1.807, 2.05) is 6.07 Å². The van der Waals surface area contributed by atoms with Crippen LogP contribution in [0.25, 0.3) is 0 Å². The molecule has 0 spiro atoms. The molecule has 0 saturated heterocycles. The minimum Gasteiger partial charge on any atom is -0.318 e. The van der Waals surface area contributed by atoms with E-state index in [2.05, 4.69) is 0 Å². The largest absolute Gasteiger partial charge is 0.417 e. The highest BCUT2D eigenvalue weighted by molar-refractivity contribution is 6.31. The maximum absolute atomic E-state index is 13.0. The van der Waals surface area contributed by atoms with E-state index in [0.29, 0.717) is 10.6 Å². The Morgan fingerprint density at radius 1 is 1.35 bits per heavy atom. The molecule has 1 aliphatic carbocycles. The average molecular weight is 361 g/mol. The standard InChI is InChI=1S/C16H13Cl2F3N2/c1-9-14(18)10(5-7-22)4-6-15(9,23)11-2-3-13(17)12(8-11)16(19,20)21/h2-4,6,8-9H,5,23H2,1H3. The fraction of sp³-hybridized carbons (Fsp3) is 0.312. The predicted octanol–water partition coefficient (Wildman–Crippen LogP) is 5.13. The van der Waals surface area contributed by atoms with Gasteiger partial charge in [-0.25, -0.2) is 0 Å². The summed E-state index contributed by atoms with van der Waals surface area (Å²) >= 11 is 11.9. The third kappa shape index (κ3) is 3.25. The van der Waals surface area contributed by atoms with Crippen LogP contribution in [0.15, 0.2) is 41.0 Å². The van der Waals surface area contributed by atoms with Crippen LogP contribution in [0.1, 0.15) is 24.5 Å². The van der Waals surface area contributed by atoms with Crippen LogP contribution in [-0.2, 0) is 11.7 Å². The summed E-state index contributed by atoms with van der Waals surface area (Å²) in [6, 6.07) is 5.57. The lowest BCUT2D eigenvalue weighted by molar-refractivity contribution is -0.137. The summed E-state index contributed by atoms with van der Waals surface area (Å²) in [5.74, 6) is -0.472. The molecule has 0 bridgehead atoms. The Bertz CT molecular complexity index is 732. The summed E-state index contributed by atoms with van der Waals surface area (Å²) in [6.45, 7) is 1.71.